The van der Waals surface area contributed by atoms with Crippen LogP contribution >= 0.6 is 0 Å². The minimum atomic E-state index is -0.831. The highest BCUT2D eigenvalue weighted by atomic mass is 16.6. The van der Waals surface area contributed by atoms with Crippen molar-refractivity contribution in [2.75, 3.05) is 7.05 Å². The quantitative estimate of drug-likeness (QED) is 0.639. The SMILES string of the molecule is CNC(=O)OCc1c([N+](=O)[O-])cccc1[N+](=O)[O-]. The average molecular weight is 255 g/mol. The minimum absolute atomic E-state index is 0.254. The molecule has 9 nitrogen and oxygen atoms in total. The van der Waals surface area contributed by atoms with Crippen molar-refractivity contribution >= 4 is 17.5 Å². The van der Waals surface area contributed by atoms with Gasteiger partial charge in [-0.05, 0) is 6.07 Å². The summed E-state index contributed by atoms with van der Waals surface area (Å²) in [4.78, 5) is 30.8. The number of nitro benzene ring substituents is 2. The molecule has 0 aliphatic rings. The van der Waals surface area contributed by atoms with Crippen LogP contribution < -0.4 is 5.32 Å². The van der Waals surface area contributed by atoms with E-state index >= 15 is 0 Å². The first kappa shape index (κ1) is 13.4. The van der Waals surface area contributed by atoms with E-state index in [-0.39, 0.29) is 5.56 Å². The smallest absolute Gasteiger partial charge is 0.407 e. The summed E-state index contributed by atoms with van der Waals surface area (Å²) < 4.78 is 4.60. The Labute approximate surface area is 101 Å². The van der Waals surface area contributed by atoms with Gasteiger partial charge in [-0.3, -0.25) is 20.2 Å². The molecule has 0 atom stereocenters. The normalized spacial score (nSPS) is 9.61. The summed E-state index contributed by atoms with van der Waals surface area (Å²) in [6, 6.07) is 3.41. The Kier molecular flexibility index (Phi) is 4.13. The molecule has 0 saturated heterocycles. The average Bonchev–Trinajstić information content (AvgIpc) is 2.34. The second-order valence-corrected chi connectivity index (χ2v) is 3.12. The fourth-order valence-electron chi connectivity index (χ4n) is 1.26. The van der Waals surface area contributed by atoms with Crippen LogP contribution in [0.3, 0.4) is 0 Å². The van der Waals surface area contributed by atoms with Gasteiger partial charge in [-0.2, -0.15) is 0 Å². The van der Waals surface area contributed by atoms with Crippen LogP contribution in [-0.4, -0.2) is 23.0 Å². The van der Waals surface area contributed by atoms with Gasteiger partial charge in [-0.15, -0.1) is 0 Å². The van der Waals surface area contributed by atoms with Crippen LogP contribution in [0, 0.1) is 20.2 Å². The number of carbonyl (C=O) groups is 1. The van der Waals surface area contributed by atoms with Gasteiger partial charge in [0.05, 0.1) is 9.85 Å². The Bertz CT molecular complexity index is 469. The largest absolute Gasteiger partial charge is 0.444 e. The predicted molar refractivity (Wildman–Crippen MR) is 59.0 cm³/mol. The summed E-state index contributed by atoms with van der Waals surface area (Å²) in [5.74, 6) is 0. The molecular formula is C9H9N3O6. The molecule has 0 saturated carbocycles. The van der Waals surface area contributed by atoms with E-state index in [1.807, 2.05) is 0 Å². The Balaban J connectivity index is 3.15. The maximum Gasteiger partial charge on any atom is 0.407 e. The minimum Gasteiger partial charge on any atom is -0.444 e. The van der Waals surface area contributed by atoms with Gasteiger partial charge in [0.25, 0.3) is 11.4 Å². The highest BCUT2D eigenvalue weighted by Gasteiger charge is 2.25. The lowest BCUT2D eigenvalue weighted by atomic mass is 10.1. The Hall–Kier alpha value is -2.71. The number of nitro groups is 2. The highest BCUT2D eigenvalue weighted by molar-refractivity contribution is 5.67. The van der Waals surface area contributed by atoms with E-state index in [4.69, 9.17) is 0 Å². The van der Waals surface area contributed by atoms with E-state index in [9.17, 15) is 25.0 Å². The first-order chi connectivity index (χ1) is 8.47. The summed E-state index contributed by atoms with van der Waals surface area (Å²) in [6.07, 6.45) is -0.831. The molecule has 0 spiro atoms. The van der Waals surface area contributed by atoms with Crippen LogP contribution in [0.15, 0.2) is 18.2 Å². The van der Waals surface area contributed by atoms with Gasteiger partial charge in [-0.25, -0.2) is 4.79 Å². The van der Waals surface area contributed by atoms with Gasteiger partial charge >= 0.3 is 6.09 Å². The van der Waals surface area contributed by atoms with Crippen molar-refractivity contribution in [3.05, 3.63) is 44.0 Å². The third-order valence-electron chi connectivity index (χ3n) is 2.07. The molecule has 9 heteroatoms. The van der Waals surface area contributed by atoms with Gasteiger partial charge in [0, 0.05) is 19.2 Å². The van der Waals surface area contributed by atoms with Crippen LogP contribution in [0.25, 0.3) is 0 Å². The van der Waals surface area contributed by atoms with Crippen LogP contribution in [0.4, 0.5) is 16.2 Å². The van der Waals surface area contributed by atoms with Gasteiger partial charge in [0.15, 0.2) is 0 Å². The Morgan fingerprint density at radius 3 is 2.17 bits per heavy atom. The number of rotatable bonds is 4. The van der Waals surface area contributed by atoms with Crippen molar-refractivity contribution in [1.82, 2.24) is 5.32 Å². The van der Waals surface area contributed by atoms with E-state index in [0.717, 1.165) is 12.1 Å². The zero-order chi connectivity index (χ0) is 13.7. The topological polar surface area (TPSA) is 125 Å². The fourth-order valence-corrected chi connectivity index (χ4v) is 1.26. The van der Waals surface area contributed by atoms with Gasteiger partial charge < -0.3 is 10.1 Å². The van der Waals surface area contributed by atoms with Crippen LogP contribution in [0.5, 0.6) is 0 Å². The Morgan fingerprint density at radius 1 is 1.28 bits per heavy atom. The van der Waals surface area contributed by atoms with Crippen LogP contribution in [-0.2, 0) is 11.3 Å². The highest BCUT2D eigenvalue weighted by Crippen LogP contribution is 2.28. The van der Waals surface area contributed by atoms with Crippen molar-refractivity contribution in [3.63, 3.8) is 0 Å². The molecule has 1 N–H and O–H groups in total. The van der Waals surface area contributed by atoms with E-state index in [0.29, 0.717) is 0 Å². The monoisotopic (exact) mass is 255 g/mol. The maximum absolute atomic E-state index is 10.9. The second-order valence-electron chi connectivity index (χ2n) is 3.12. The van der Waals surface area contributed by atoms with E-state index < -0.39 is 33.9 Å². The van der Waals surface area contributed by atoms with E-state index in [1.165, 1.54) is 13.1 Å². The molecule has 0 aliphatic heterocycles. The number of alkyl carbamates (subject to hydrolysis) is 1. The zero-order valence-corrected chi connectivity index (χ0v) is 9.28. The molecule has 1 aromatic carbocycles. The molecule has 1 amide bonds. The molecule has 1 aromatic rings. The number of nitrogens with zero attached hydrogens (tertiary/aromatic N) is 2. The van der Waals surface area contributed by atoms with Crippen LogP contribution in [0.2, 0.25) is 0 Å². The molecule has 0 fully saturated rings. The lowest BCUT2D eigenvalue weighted by Crippen LogP contribution is -2.19. The lowest BCUT2D eigenvalue weighted by molar-refractivity contribution is -0.396. The molecule has 1 rings (SSSR count). The third kappa shape index (κ3) is 2.90. The third-order valence-corrected chi connectivity index (χ3v) is 2.07. The number of hydrogen-bond donors (Lipinski definition) is 1. The van der Waals surface area contributed by atoms with E-state index in [1.54, 1.807) is 0 Å². The van der Waals surface area contributed by atoms with Crippen molar-refractivity contribution in [2.45, 2.75) is 6.61 Å². The molecule has 18 heavy (non-hydrogen) atoms. The number of carbonyl (C=O) groups excluding carboxylic acids is 1. The Morgan fingerprint density at radius 2 is 1.78 bits per heavy atom. The predicted octanol–water partition coefficient (Wildman–Crippen LogP) is 1.36. The van der Waals surface area contributed by atoms with Crippen molar-refractivity contribution in [3.8, 4) is 0 Å². The molecule has 0 radical (unpaired) electrons. The molecule has 0 bridgehead atoms. The number of benzene rings is 1. The molecule has 0 aliphatic carbocycles. The molecule has 0 unspecified atom stereocenters. The number of nitrogens with one attached hydrogen (secondary N) is 1. The molecular weight excluding hydrogens is 246 g/mol. The lowest BCUT2D eigenvalue weighted by Gasteiger charge is -2.05. The summed E-state index contributed by atoms with van der Waals surface area (Å²) in [5, 5.41) is 23.6. The van der Waals surface area contributed by atoms with Gasteiger partial charge in [-0.1, -0.05) is 0 Å². The molecule has 0 heterocycles. The standard InChI is InChI=1S/C9H9N3O6/c1-10-9(13)18-5-6-7(11(14)15)3-2-4-8(6)12(16)17/h2-4H,5H2,1H3,(H,10,13). The zero-order valence-electron chi connectivity index (χ0n) is 9.28. The summed E-state index contributed by atoms with van der Waals surface area (Å²) in [5.41, 5.74) is -1.18. The summed E-state index contributed by atoms with van der Waals surface area (Å²) >= 11 is 0. The molecule has 0 aromatic heterocycles. The first-order valence-electron chi connectivity index (χ1n) is 4.72. The van der Waals surface area contributed by atoms with Crippen molar-refractivity contribution < 1.29 is 19.4 Å². The number of amides is 1. The maximum atomic E-state index is 10.9. The summed E-state index contributed by atoms with van der Waals surface area (Å²) in [6.45, 7) is -0.548. The van der Waals surface area contributed by atoms with E-state index in [2.05, 4.69) is 10.1 Å². The van der Waals surface area contributed by atoms with Gasteiger partial charge in [0.2, 0.25) is 0 Å². The summed E-state index contributed by atoms with van der Waals surface area (Å²) in [7, 11) is 1.30. The van der Waals surface area contributed by atoms with Crippen molar-refractivity contribution in [2.24, 2.45) is 0 Å². The van der Waals surface area contributed by atoms with Gasteiger partial charge in [0.1, 0.15) is 12.2 Å². The molecule has 96 valence electrons. The number of ether oxygens (including phenoxy) is 1. The second kappa shape index (κ2) is 5.57. The van der Waals surface area contributed by atoms with Crippen molar-refractivity contribution in [1.29, 1.82) is 0 Å². The number of hydrogen-bond acceptors (Lipinski definition) is 6. The van der Waals surface area contributed by atoms with Crippen LogP contribution in [0.1, 0.15) is 5.56 Å². The first-order valence-corrected chi connectivity index (χ1v) is 4.72. The fraction of sp³-hybridized carbons (Fsp3) is 0.222.